The summed E-state index contributed by atoms with van der Waals surface area (Å²) in [5.41, 5.74) is 5.39. The van der Waals surface area contributed by atoms with Gasteiger partial charge in [-0.3, -0.25) is 14.5 Å². The van der Waals surface area contributed by atoms with Crippen LogP contribution in [0, 0.1) is 0 Å². The van der Waals surface area contributed by atoms with Crippen molar-refractivity contribution in [3.05, 3.63) is 65.1 Å². The average molecular weight is 434 g/mol. The van der Waals surface area contributed by atoms with Crippen LogP contribution in [-0.2, 0) is 18.2 Å². The number of amides is 1. The molecule has 0 bridgehead atoms. The van der Waals surface area contributed by atoms with E-state index >= 15 is 0 Å². The lowest BCUT2D eigenvalue weighted by molar-refractivity contribution is 0.0694. The number of carbonyl (C=O) groups excluding carboxylic acids is 1. The molecule has 1 fully saturated rings. The monoisotopic (exact) mass is 433 g/mol. The number of thiophene rings is 1. The standard InChI is InChI=1S/C23H23N5O2S/c1-28-14-17(13-25-28)19-3-2-15(12-24-19)10-16-11-21(27-20-6-9-31-22(16)20)23(29)26-18-4-7-30-8-5-18/h2-3,6,9,11-14,18H,4-5,7-8,10H2,1H3,(H,26,29). The third-order valence-electron chi connectivity index (χ3n) is 5.50. The van der Waals surface area contributed by atoms with Gasteiger partial charge in [-0.25, -0.2) is 4.98 Å². The Balaban J connectivity index is 1.38. The molecule has 8 heteroatoms. The maximum atomic E-state index is 12.9. The first kappa shape index (κ1) is 19.8. The SMILES string of the molecule is Cn1cc(-c2ccc(Cc3cc(C(=O)NC4CCOCC4)nc4ccsc34)cn2)cn1. The zero-order valence-corrected chi connectivity index (χ0v) is 18.1. The van der Waals surface area contributed by atoms with Gasteiger partial charge < -0.3 is 10.1 Å². The molecule has 0 aromatic carbocycles. The van der Waals surface area contributed by atoms with Crippen LogP contribution in [0.5, 0.6) is 0 Å². The van der Waals surface area contributed by atoms with Gasteiger partial charge in [-0.1, -0.05) is 6.07 Å². The van der Waals surface area contributed by atoms with Gasteiger partial charge in [-0.05, 0) is 47.5 Å². The number of nitrogens with one attached hydrogen (secondary N) is 1. The lowest BCUT2D eigenvalue weighted by Gasteiger charge is -2.23. The quantitative estimate of drug-likeness (QED) is 0.520. The van der Waals surface area contributed by atoms with E-state index in [1.807, 2.05) is 49.2 Å². The summed E-state index contributed by atoms with van der Waals surface area (Å²) in [5.74, 6) is -0.119. The largest absolute Gasteiger partial charge is 0.381 e. The molecule has 1 saturated heterocycles. The van der Waals surface area contributed by atoms with Crippen LogP contribution in [0.3, 0.4) is 0 Å². The van der Waals surface area contributed by atoms with Crippen molar-refractivity contribution in [2.24, 2.45) is 7.05 Å². The molecule has 5 heterocycles. The number of fused-ring (bicyclic) bond motifs is 1. The number of hydrogen-bond acceptors (Lipinski definition) is 6. The fourth-order valence-corrected chi connectivity index (χ4v) is 4.70. The van der Waals surface area contributed by atoms with Gasteiger partial charge in [0.15, 0.2) is 0 Å². The Morgan fingerprint density at radius 3 is 2.87 bits per heavy atom. The van der Waals surface area contributed by atoms with Crippen molar-refractivity contribution in [1.82, 2.24) is 25.1 Å². The predicted octanol–water partition coefficient (Wildman–Crippen LogP) is 3.59. The molecular weight excluding hydrogens is 410 g/mol. The average Bonchev–Trinajstić information content (AvgIpc) is 3.44. The maximum Gasteiger partial charge on any atom is 0.270 e. The van der Waals surface area contributed by atoms with Crippen molar-refractivity contribution < 1.29 is 9.53 Å². The molecule has 158 valence electrons. The van der Waals surface area contributed by atoms with Gasteiger partial charge in [0.25, 0.3) is 5.91 Å². The number of carbonyl (C=O) groups is 1. The summed E-state index contributed by atoms with van der Waals surface area (Å²) < 4.78 is 8.26. The second-order valence-electron chi connectivity index (χ2n) is 7.79. The van der Waals surface area contributed by atoms with Crippen molar-refractivity contribution in [3.8, 4) is 11.3 Å². The number of rotatable bonds is 5. The molecule has 0 radical (unpaired) electrons. The fraction of sp³-hybridized carbons (Fsp3) is 0.304. The smallest absolute Gasteiger partial charge is 0.270 e. The van der Waals surface area contributed by atoms with E-state index in [0.29, 0.717) is 25.3 Å². The van der Waals surface area contributed by atoms with Crippen molar-refractivity contribution in [1.29, 1.82) is 0 Å². The number of ether oxygens (including phenoxy) is 1. The summed E-state index contributed by atoms with van der Waals surface area (Å²) >= 11 is 1.65. The van der Waals surface area contributed by atoms with Gasteiger partial charge in [-0.2, -0.15) is 5.10 Å². The highest BCUT2D eigenvalue weighted by Crippen LogP contribution is 2.27. The summed E-state index contributed by atoms with van der Waals surface area (Å²) in [6.45, 7) is 1.38. The van der Waals surface area contributed by atoms with Crippen molar-refractivity contribution in [2.45, 2.75) is 25.3 Å². The molecule has 7 nitrogen and oxygen atoms in total. The van der Waals surface area contributed by atoms with E-state index in [1.165, 1.54) is 0 Å². The lowest BCUT2D eigenvalue weighted by Crippen LogP contribution is -2.39. The Hall–Kier alpha value is -3.10. The minimum absolute atomic E-state index is 0.119. The molecule has 1 aliphatic rings. The Kier molecular flexibility index (Phi) is 5.48. The number of aryl methyl sites for hydroxylation is 1. The van der Waals surface area contributed by atoms with Crippen molar-refractivity contribution >= 4 is 27.5 Å². The van der Waals surface area contributed by atoms with E-state index in [-0.39, 0.29) is 11.9 Å². The summed E-state index contributed by atoms with van der Waals surface area (Å²) in [6, 6.07) is 8.13. The van der Waals surface area contributed by atoms with Crippen LogP contribution in [0.4, 0.5) is 0 Å². The molecule has 1 N–H and O–H groups in total. The Morgan fingerprint density at radius 1 is 1.26 bits per heavy atom. The van der Waals surface area contributed by atoms with Gasteiger partial charge >= 0.3 is 0 Å². The van der Waals surface area contributed by atoms with E-state index in [4.69, 9.17) is 4.74 Å². The molecule has 1 aliphatic heterocycles. The number of nitrogens with zero attached hydrogens (tertiary/aromatic N) is 4. The first-order valence-electron chi connectivity index (χ1n) is 10.4. The third-order valence-corrected chi connectivity index (χ3v) is 6.48. The summed E-state index contributed by atoms with van der Waals surface area (Å²) in [4.78, 5) is 22.1. The molecular formula is C23H23N5O2S. The van der Waals surface area contributed by atoms with Crippen LogP contribution in [0.25, 0.3) is 21.5 Å². The maximum absolute atomic E-state index is 12.9. The second-order valence-corrected chi connectivity index (χ2v) is 8.71. The zero-order valence-electron chi connectivity index (χ0n) is 17.2. The van der Waals surface area contributed by atoms with E-state index in [9.17, 15) is 4.79 Å². The molecule has 0 unspecified atom stereocenters. The normalized spacial score (nSPS) is 14.7. The first-order chi connectivity index (χ1) is 15.2. The van der Waals surface area contributed by atoms with Crippen LogP contribution in [0.15, 0.2) is 48.2 Å². The molecule has 1 amide bonds. The molecule has 0 saturated carbocycles. The molecule has 0 aliphatic carbocycles. The predicted molar refractivity (Wildman–Crippen MR) is 120 cm³/mol. The molecule has 4 aromatic rings. The fourth-order valence-electron chi connectivity index (χ4n) is 3.85. The van der Waals surface area contributed by atoms with Crippen molar-refractivity contribution in [2.75, 3.05) is 13.2 Å². The highest BCUT2D eigenvalue weighted by Gasteiger charge is 2.19. The van der Waals surface area contributed by atoms with Gasteiger partial charge in [-0.15, -0.1) is 11.3 Å². The van der Waals surface area contributed by atoms with Crippen LogP contribution < -0.4 is 5.32 Å². The van der Waals surface area contributed by atoms with Crippen LogP contribution >= 0.6 is 11.3 Å². The first-order valence-corrected chi connectivity index (χ1v) is 11.2. The Labute approximate surface area is 184 Å². The van der Waals surface area contributed by atoms with E-state index < -0.39 is 0 Å². The summed E-state index contributed by atoms with van der Waals surface area (Å²) in [5, 5.41) is 9.34. The number of hydrogen-bond donors (Lipinski definition) is 1. The van der Waals surface area contributed by atoms with Crippen LogP contribution in [0.2, 0.25) is 0 Å². The lowest BCUT2D eigenvalue weighted by atomic mass is 10.0. The van der Waals surface area contributed by atoms with Gasteiger partial charge in [0.1, 0.15) is 5.69 Å². The highest BCUT2D eigenvalue weighted by atomic mass is 32.1. The molecule has 5 rings (SSSR count). The Morgan fingerprint density at radius 2 is 2.13 bits per heavy atom. The van der Waals surface area contributed by atoms with Crippen LogP contribution in [0.1, 0.15) is 34.5 Å². The number of aromatic nitrogens is 4. The molecule has 4 aromatic heterocycles. The van der Waals surface area contributed by atoms with E-state index in [0.717, 1.165) is 45.4 Å². The topological polar surface area (TPSA) is 81.9 Å². The van der Waals surface area contributed by atoms with E-state index in [2.05, 4.69) is 26.4 Å². The molecule has 31 heavy (non-hydrogen) atoms. The van der Waals surface area contributed by atoms with E-state index in [1.54, 1.807) is 16.0 Å². The second kappa shape index (κ2) is 8.56. The summed E-state index contributed by atoms with van der Waals surface area (Å²) in [6.07, 6.45) is 8.02. The highest BCUT2D eigenvalue weighted by molar-refractivity contribution is 7.17. The summed E-state index contributed by atoms with van der Waals surface area (Å²) in [7, 11) is 1.89. The van der Waals surface area contributed by atoms with Crippen molar-refractivity contribution in [3.63, 3.8) is 0 Å². The van der Waals surface area contributed by atoms with Gasteiger partial charge in [0.2, 0.25) is 0 Å². The minimum Gasteiger partial charge on any atom is -0.381 e. The molecule has 0 atom stereocenters. The number of pyridine rings is 2. The zero-order chi connectivity index (χ0) is 21.2. The van der Waals surface area contributed by atoms with Crippen LogP contribution in [-0.4, -0.2) is 44.9 Å². The molecule has 0 spiro atoms. The van der Waals surface area contributed by atoms with Gasteiger partial charge in [0.05, 0.1) is 22.1 Å². The minimum atomic E-state index is -0.119. The van der Waals surface area contributed by atoms with Gasteiger partial charge in [0, 0.05) is 50.7 Å². The third kappa shape index (κ3) is 4.35. The Bertz CT molecular complexity index is 1210.